The monoisotopic (exact) mass is 407 g/mol. The van der Waals surface area contributed by atoms with Crippen molar-refractivity contribution >= 4 is 23.5 Å². The Bertz CT molecular complexity index is 988. The van der Waals surface area contributed by atoms with Crippen LogP contribution in [0.2, 0.25) is 0 Å². The van der Waals surface area contributed by atoms with E-state index in [0.717, 1.165) is 29.0 Å². The molecule has 0 aliphatic carbocycles. The molecule has 2 aliphatic heterocycles. The number of benzene rings is 2. The number of amides is 4. The Labute approximate surface area is 175 Å². The lowest BCUT2D eigenvalue weighted by Crippen LogP contribution is -2.46. The first kappa shape index (κ1) is 19.9. The fraction of sp³-hybridized carbons (Fsp3) is 0.348. The van der Waals surface area contributed by atoms with Crippen molar-refractivity contribution in [3.05, 3.63) is 59.7 Å². The van der Waals surface area contributed by atoms with Crippen molar-refractivity contribution in [2.75, 3.05) is 25.1 Å². The van der Waals surface area contributed by atoms with Crippen LogP contribution in [0.4, 0.5) is 10.5 Å². The molecule has 2 aliphatic rings. The van der Waals surface area contributed by atoms with Gasteiger partial charge >= 0.3 is 6.03 Å². The Morgan fingerprint density at radius 1 is 1.13 bits per heavy atom. The van der Waals surface area contributed by atoms with Crippen LogP contribution >= 0.6 is 0 Å². The van der Waals surface area contributed by atoms with Gasteiger partial charge in [-0.05, 0) is 48.6 Å². The average molecular weight is 407 g/mol. The van der Waals surface area contributed by atoms with E-state index in [0.29, 0.717) is 24.3 Å². The molecule has 1 fully saturated rings. The van der Waals surface area contributed by atoms with E-state index in [1.807, 2.05) is 31.2 Å². The SMILES string of the molecule is CC[C@]1(c2ccc(OC)cc2)NC(=O)N(CC(=O)N2CCCc3ccccc32)C1=O. The van der Waals surface area contributed by atoms with Crippen LogP contribution in [0.1, 0.15) is 30.9 Å². The Kier molecular flexibility index (Phi) is 5.20. The number of urea groups is 1. The van der Waals surface area contributed by atoms with Gasteiger partial charge in [-0.3, -0.25) is 14.5 Å². The minimum Gasteiger partial charge on any atom is -0.497 e. The highest BCUT2D eigenvalue weighted by Gasteiger charge is 2.52. The largest absolute Gasteiger partial charge is 0.497 e. The van der Waals surface area contributed by atoms with E-state index in [1.165, 1.54) is 0 Å². The lowest BCUT2D eigenvalue weighted by Gasteiger charge is -2.30. The number of anilines is 1. The van der Waals surface area contributed by atoms with Gasteiger partial charge in [0.2, 0.25) is 5.91 Å². The average Bonchev–Trinajstić information content (AvgIpc) is 3.03. The number of aryl methyl sites for hydroxylation is 1. The second-order valence-corrected chi connectivity index (χ2v) is 7.59. The summed E-state index contributed by atoms with van der Waals surface area (Å²) in [5.41, 5.74) is 1.46. The van der Waals surface area contributed by atoms with E-state index in [9.17, 15) is 14.4 Å². The van der Waals surface area contributed by atoms with E-state index in [4.69, 9.17) is 4.74 Å². The minimum absolute atomic E-state index is 0.257. The predicted octanol–water partition coefficient (Wildman–Crippen LogP) is 2.83. The molecule has 0 saturated carbocycles. The number of nitrogens with zero attached hydrogens (tertiary/aromatic N) is 2. The molecule has 2 aromatic rings. The summed E-state index contributed by atoms with van der Waals surface area (Å²) in [5.74, 6) is 0.00340. The first-order valence-corrected chi connectivity index (χ1v) is 10.2. The van der Waals surface area contributed by atoms with Crippen molar-refractivity contribution in [1.29, 1.82) is 0 Å². The number of carbonyl (C=O) groups is 3. The van der Waals surface area contributed by atoms with Crippen molar-refractivity contribution in [3.8, 4) is 5.75 Å². The fourth-order valence-electron chi connectivity index (χ4n) is 4.30. The molecule has 0 unspecified atom stereocenters. The summed E-state index contributed by atoms with van der Waals surface area (Å²) in [6.07, 6.45) is 2.15. The number of methoxy groups -OCH3 is 1. The molecule has 7 nitrogen and oxygen atoms in total. The van der Waals surface area contributed by atoms with Crippen LogP contribution in [-0.2, 0) is 21.5 Å². The molecular weight excluding hydrogens is 382 g/mol. The molecule has 2 aromatic carbocycles. The molecular formula is C23H25N3O4. The smallest absolute Gasteiger partial charge is 0.325 e. The predicted molar refractivity (Wildman–Crippen MR) is 112 cm³/mol. The first-order valence-electron chi connectivity index (χ1n) is 10.2. The fourth-order valence-corrected chi connectivity index (χ4v) is 4.30. The number of rotatable bonds is 5. The summed E-state index contributed by atoms with van der Waals surface area (Å²) in [4.78, 5) is 41.8. The third-order valence-electron chi connectivity index (χ3n) is 5.99. The molecule has 30 heavy (non-hydrogen) atoms. The van der Waals surface area contributed by atoms with Crippen LogP contribution in [-0.4, -0.2) is 42.9 Å². The van der Waals surface area contributed by atoms with E-state index >= 15 is 0 Å². The topological polar surface area (TPSA) is 79.0 Å². The van der Waals surface area contributed by atoms with Crippen molar-refractivity contribution in [2.24, 2.45) is 0 Å². The molecule has 7 heteroatoms. The van der Waals surface area contributed by atoms with E-state index in [-0.39, 0.29) is 12.5 Å². The van der Waals surface area contributed by atoms with Crippen LogP contribution in [0.25, 0.3) is 0 Å². The Morgan fingerprint density at radius 3 is 2.57 bits per heavy atom. The number of nitrogens with one attached hydrogen (secondary N) is 1. The third kappa shape index (κ3) is 3.20. The molecule has 1 atom stereocenters. The van der Waals surface area contributed by atoms with Crippen LogP contribution in [0.5, 0.6) is 5.75 Å². The Morgan fingerprint density at radius 2 is 1.87 bits per heavy atom. The summed E-state index contributed by atoms with van der Waals surface area (Å²) in [5, 5.41) is 2.82. The van der Waals surface area contributed by atoms with Gasteiger partial charge in [0, 0.05) is 12.2 Å². The van der Waals surface area contributed by atoms with Gasteiger partial charge in [0.1, 0.15) is 17.8 Å². The summed E-state index contributed by atoms with van der Waals surface area (Å²) in [7, 11) is 1.57. The highest BCUT2D eigenvalue weighted by Crippen LogP contribution is 2.34. The maximum absolute atomic E-state index is 13.3. The van der Waals surface area contributed by atoms with Gasteiger partial charge in [-0.25, -0.2) is 4.79 Å². The quantitative estimate of drug-likeness (QED) is 0.773. The second kappa shape index (κ2) is 7.82. The molecule has 4 rings (SSSR count). The molecule has 4 amide bonds. The number of ether oxygens (including phenoxy) is 1. The van der Waals surface area contributed by atoms with Gasteiger partial charge in [-0.15, -0.1) is 0 Å². The van der Waals surface area contributed by atoms with Crippen LogP contribution in [0.3, 0.4) is 0 Å². The Balaban J connectivity index is 1.58. The van der Waals surface area contributed by atoms with Gasteiger partial charge in [-0.1, -0.05) is 37.3 Å². The standard InChI is InChI=1S/C23H25N3O4/c1-3-23(17-10-12-18(30-2)13-11-17)21(28)26(22(29)24-23)15-20(27)25-14-6-8-16-7-4-5-9-19(16)25/h4-5,7,9-13H,3,6,8,14-15H2,1-2H3,(H,24,29)/t23-/m1/s1. The molecule has 0 aromatic heterocycles. The Hall–Kier alpha value is -3.35. The lowest BCUT2D eigenvalue weighted by atomic mass is 9.87. The number of imide groups is 1. The summed E-state index contributed by atoms with van der Waals surface area (Å²) in [6, 6.07) is 14.3. The maximum Gasteiger partial charge on any atom is 0.325 e. The highest BCUT2D eigenvalue weighted by atomic mass is 16.5. The summed E-state index contributed by atoms with van der Waals surface area (Å²) >= 11 is 0. The van der Waals surface area contributed by atoms with Gasteiger partial charge in [0.25, 0.3) is 5.91 Å². The number of hydrogen-bond acceptors (Lipinski definition) is 4. The normalized spacial score (nSPS) is 20.7. The highest BCUT2D eigenvalue weighted by molar-refractivity contribution is 6.10. The van der Waals surface area contributed by atoms with Crippen molar-refractivity contribution < 1.29 is 19.1 Å². The number of hydrogen-bond donors (Lipinski definition) is 1. The van der Waals surface area contributed by atoms with E-state index < -0.39 is 17.5 Å². The second-order valence-electron chi connectivity index (χ2n) is 7.59. The van der Waals surface area contributed by atoms with Gasteiger partial charge in [0.15, 0.2) is 0 Å². The van der Waals surface area contributed by atoms with Crippen LogP contribution in [0, 0.1) is 0 Å². The third-order valence-corrected chi connectivity index (χ3v) is 5.99. The van der Waals surface area contributed by atoms with Crippen molar-refractivity contribution in [1.82, 2.24) is 10.2 Å². The van der Waals surface area contributed by atoms with Gasteiger partial charge in [-0.2, -0.15) is 0 Å². The molecule has 2 heterocycles. The van der Waals surface area contributed by atoms with E-state index in [1.54, 1.807) is 36.3 Å². The maximum atomic E-state index is 13.3. The van der Waals surface area contributed by atoms with E-state index in [2.05, 4.69) is 5.32 Å². The lowest BCUT2D eigenvalue weighted by molar-refractivity contribution is -0.134. The van der Waals surface area contributed by atoms with Gasteiger partial charge in [0.05, 0.1) is 7.11 Å². The number of fused-ring (bicyclic) bond motifs is 1. The van der Waals surface area contributed by atoms with Crippen molar-refractivity contribution in [3.63, 3.8) is 0 Å². The molecule has 1 saturated heterocycles. The minimum atomic E-state index is -1.18. The summed E-state index contributed by atoms with van der Waals surface area (Å²) in [6.45, 7) is 2.14. The van der Waals surface area contributed by atoms with Crippen LogP contribution < -0.4 is 15.0 Å². The number of carbonyl (C=O) groups excluding carboxylic acids is 3. The molecule has 156 valence electrons. The molecule has 1 N–H and O–H groups in total. The van der Waals surface area contributed by atoms with Crippen molar-refractivity contribution in [2.45, 2.75) is 31.7 Å². The zero-order valence-corrected chi connectivity index (χ0v) is 17.2. The summed E-state index contributed by atoms with van der Waals surface area (Å²) < 4.78 is 5.18. The zero-order valence-electron chi connectivity index (χ0n) is 17.2. The van der Waals surface area contributed by atoms with Gasteiger partial charge < -0.3 is 15.0 Å². The molecule has 0 radical (unpaired) electrons. The molecule has 0 spiro atoms. The molecule has 0 bridgehead atoms. The van der Waals surface area contributed by atoms with Crippen LogP contribution in [0.15, 0.2) is 48.5 Å². The number of para-hydroxylation sites is 1. The first-order chi connectivity index (χ1) is 14.5. The zero-order chi connectivity index (χ0) is 21.3.